The number of rotatable bonds is 4. The van der Waals surface area contributed by atoms with Crippen LogP contribution in [0.15, 0.2) is 12.3 Å². The summed E-state index contributed by atoms with van der Waals surface area (Å²) in [4.78, 5) is 6.78. The highest BCUT2D eigenvalue weighted by Crippen LogP contribution is 2.35. The van der Waals surface area contributed by atoms with Gasteiger partial charge in [0.25, 0.3) is 0 Å². The molecule has 1 atom stereocenters. The van der Waals surface area contributed by atoms with Crippen molar-refractivity contribution < 1.29 is 14.6 Å². The second kappa shape index (κ2) is 10.1. The number of likely N-dealkylation sites (N-methyl/N-ethyl adjacent to an activating group) is 1. The van der Waals surface area contributed by atoms with Gasteiger partial charge in [0.1, 0.15) is 11.8 Å². The van der Waals surface area contributed by atoms with Gasteiger partial charge in [0.2, 0.25) is 11.8 Å². The summed E-state index contributed by atoms with van der Waals surface area (Å²) in [6.07, 6.45) is 11.2. The number of fused-ring (bicyclic) bond motifs is 4. The van der Waals surface area contributed by atoms with E-state index >= 15 is 0 Å². The Balaban J connectivity index is 1.72. The lowest BCUT2D eigenvalue weighted by Crippen LogP contribution is -2.32. The number of nitrogens with zero attached hydrogens (tertiary/aromatic N) is 7. The highest BCUT2D eigenvalue weighted by atomic mass is 16.5. The molecule has 4 aromatic heterocycles. The van der Waals surface area contributed by atoms with E-state index in [1.807, 2.05) is 46.2 Å². The number of ether oxygens (including phenoxy) is 2. The van der Waals surface area contributed by atoms with Crippen molar-refractivity contribution in [3.63, 3.8) is 0 Å². The summed E-state index contributed by atoms with van der Waals surface area (Å²) in [6, 6.07) is 1.94. The van der Waals surface area contributed by atoms with Gasteiger partial charge < -0.3 is 14.6 Å². The number of hydrogen-bond acceptors (Lipinski definition) is 8. The van der Waals surface area contributed by atoms with Crippen LogP contribution in [0.2, 0.25) is 0 Å². The van der Waals surface area contributed by atoms with Gasteiger partial charge in [-0.25, -0.2) is 4.68 Å². The van der Waals surface area contributed by atoms with Crippen molar-refractivity contribution in [3.05, 3.63) is 34.9 Å². The third-order valence-corrected chi connectivity index (χ3v) is 6.23. The van der Waals surface area contributed by atoms with Crippen LogP contribution in [-0.2, 0) is 20.1 Å². The maximum Gasteiger partial charge on any atom is 0.240 e. The predicted molar refractivity (Wildman–Crippen MR) is 140 cm³/mol. The van der Waals surface area contributed by atoms with Gasteiger partial charge in [0.15, 0.2) is 0 Å². The van der Waals surface area contributed by atoms with E-state index in [0.29, 0.717) is 55.0 Å². The lowest BCUT2D eigenvalue weighted by Gasteiger charge is -2.23. The number of aliphatic hydroxyl groups excluding tert-OH is 1. The average molecular weight is 503 g/mol. The molecular formula is C26H30N8O3. The van der Waals surface area contributed by atoms with Gasteiger partial charge in [0.05, 0.1) is 59.7 Å². The molecule has 5 rings (SSSR count). The van der Waals surface area contributed by atoms with Crippen LogP contribution in [0.3, 0.4) is 0 Å². The third-order valence-electron chi connectivity index (χ3n) is 6.23. The van der Waals surface area contributed by atoms with Crippen molar-refractivity contribution >= 4 is 23.1 Å². The standard InChI is InChI=1S/C26H30N8O3/c1-6-19-24-21-12-18-20(28-29-22(18)13-27-21)9-8-17-23(34(10-11-35)31-25(17)36-7-2)15-32(4)14-16(3)37-26(24)33(5)30-19/h1,8-9,12-13,16,35H,7,10-11,14-15H2,2-5H3,(H,28,29)/b9-8+/t16-/m0/s1. The molecule has 11 nitrogen and oxygen atoms in total. The zero-order valence-corrected chi connectivity index (χ0v) is 21.4. The highest BCUT2D eigenvalue weighted by molar-refractivity contribution is 5.92. The molecule has 0 saturated carbocycles. The normalized spacial score (nSPS) is 16.9. The van der Waals surface area contributed by atoms with Crippen LogP contribution in [0.25, 0.3) is 34.3 Å². The quantitative estimate of drug-likeness (QED) is 0.408. The Hall–Kier alpha value is -4.14. The van der Waals surface area contributed by atoms with Crippen molar-refractivity contribution in [2.45, 2.75) is 33.0 Å². The molecule has 0 aromatic carbocycles. The Morgan fingerprint density at radius 3 is 2.89 bits per heavy atom. The summed E-state index contributed by atoms with van der Waals surface area (Å²) in [7, 11) is 3.82. The molecule has 0 saturated heterocycles. The number of aromatic amines is 1. The van der Waals surface area contributed by atoms with Gasteiger partial charge in [-0.05, 0) is 45.0 Å². The summed E-state index contributed by atoms with van der Waals surface area (Å²) in [5, 5.41) is 27.2. The molecule has 0 fully saturated rings. The van der Waals surface area contributed by atoms with E-state index in [0.717, 1.165) is 27.9 Å². The van der Waals surface area contributed by atoms with Gasteiger partial charge in [-0.15, -0.1) is 11.5 Å². The number of H-pyrrole nitrogens is 1. The molecule has 0 radical (unpaired) electrons. The topological polar surface area (TPSA) is 119 Å². The summed E-state index contributed by atoms with van der Waals surface area (Å²) in [5.41, 5.74) is 5.08. The summed E-state index contributed by atoms with van der Waals surface area (Å²) in [5.74, 6) is 3.75. The largest absolute Gasteiger partial charge is 0.476 e. The molecule has 1 aliphatic heterocycles. The highest BCUT2D eigenvalue weighted by Gasteiger charge is 2.24. The van der Waals surface area contributed by atoms with E-state index < -0.39 is 0 Å². The smallest absolute Gasteiger partial charge is 0.240 e. The number of nitrogens with one attached hydrogen (secondary N) is 1. The second-order valence-corrected chi connectivity index (χ2v) is 9.02. The minimum atomic E-state index is -0.192. The molecule has 11 heteroatoms. The first-order chi connectivity index (χ1) is 17.9. The zero-order valence-electron chi connectivity index (χ0n) is 21.4. The number of hydrogen-bond donors (Lipinski definition) is 2. The monoisotopic (exact) mass is 502 g/mol. The molecule has 5 heterocycles. The van der Waals surface area contributed by atoms with Gasteiger partial charge >= 0.3 is 0 Å². The Morgan fingerprint density at radius 2 is 2.14 bits per heavy atom. The van der Waals surface area contributed by atoms with E-state index in [9.17, 15) is 5.11 Å². The molecular weight excluding hydrogens is 472 g/mol. The zero-order chi connectivity index (χ0) is 26.1. The Labute approximate surface area is 214 Å². The first kappa shape index (κ1) is 24.5. The van der Waals surface area contributed by atoms with Crippen LogP contribution in [-0.4, -0.2) is 77.7 Å². The molecule has 37 heavy (non-hydrogen) atoms. The van der Waals surface area contributed by atoms with Gasteiger partial charge in [-0.3, -0.25) is 19.7 Å². The Bertz CT molecular complexity index is 1510. The minimum absolute atomic E-state index is 0.0345. The minimum Gasteiger partial charge on any atom is -0.476 e. The average Bonchev–Trinajstić information content (AvgIpc) is 3.51. The first-order valence-corrected chi connectivity index (χ1v) is 12.2. The Kier molecular flexibility index (Phi) is 6.69. The fourth-order valence-electron chi connectivity index (χ4n) is 4.67. The molecule has 4 aromatic rings. The molecule has 2 bridgehead atoms. The van der Waals surface area contributed by atoms with E-state index in [2.05, 4.69) is 36.2 Å². The fraction of sp³-hybridized carbons (Fsp3) is 0.385. The molecule has 0 spiro atoms. The maximum atomic E-state index is 9.67. The van der Waals surface area contributed by atoms with E-state index in [4.69, 9.17) is 15.9 Å². The fourth-order valence-corrected chi connectivity index (χ4v) is 4.67. The van der Waals surface area contributed by atoms with Crippen molar-refractivity contribution in [2.24, 2.45) is 7.05 Å². The number of pyridine rings is 1. The van der Waals surface area contributed by atoms with Crippen LogP contribution in [0.4, 0.5) is 0 Å². The number of terminal acetylenes is 1. The Morgan fingerprint density at radius 1 is 1.30 bits per heavy atom. The molecule has 0 amide bonds. The molecule has 192 valence electrons. The van der Waals surface area contributed by atoms with E-state index in [1.54, 1.807) is 15.6 Å². The number of aromatic nitrogens is 7. The van der Waals surface area contributed by atoms with Crippen molar-refractivity contribution in [3.8, 4) is 35.4 Å². The lowest BCUT2D eigenvalue weighted by molar-refractivity contribution is 0.146. The molecule has 2 N–H and O–H groups in total. The van der Waals surface area contributed by atoms with E-state index in [1.165, 1.54) is 0 Å². The molecule has 0 unspecified atom stereocenters. The van der Waals surface area contributed by atoms with Crippen LogP contribution in [0, 0.1) is 12.3 Å². The van der Waals surface area contributed by atoms with Crippen molar-refractivity contribution in [2.75, 3.05) is 26.8 Å². The molecule has 1 aliphatic rings. The van der Waals surface area contributed by atoms with Crippen LogP contribution in [0.5, 0.6) is 11.8 Å². The predicted octanol–water partition coefficient (Wildman–Crippen LogP) is 2.31. The third kappa shape index (κ3) is 4.57. The first-order valence-electron chi connectivity index (χ1n) is 12.2. The van der Waals surface area contributed by atoms with Gasteiger partial charge in [-0.2, -0.15) is 10.2 Å². The SMILES string of the molecule is C#Cc1nn(C)c2c1-c1cc3c(n[nH]c3cn1)/C=C/c1c(OCC)nn(CCO)c1CN(C)C[C@H](C)O2. The van der Waals surface area contributed by atoms with Crippen LogP contribution < -0.4 is 9.47 Å². The second-order valence-electron chi connectivity index (χ2n) is 9.02. The summed E-state index contributed by atoms with van der Waals surface area (Å²) >= 11 is 0. The number of aryl methyl sites for hydroxylation is 1. The van der Waals surface area contributed by atoms with Gasteiger partial charge in [0, 0.05) is 25.5 Å². The van der Waals surface area contributed by atoms with Gasteiger partial charge in [-0.1, -0.05) is 0 Å². The maximum absolute atomic E-state index is 9.67. The number of aliphatic hydroxyl groups is 1. The van der Waals surface area contributed by atoms with Crippen LogP contribution >= 0.6 is 0 Å². The van der Waals surface area contributed by atoms with Crippen LogP contribution in [0.1, 0.15) is 36.5 Å². The van der Waals surface area contributed by atoms with E-state index in [-0.39, 0.29) is 12.7 Å². The van der Waals surface area contributed by atoms with Crippen molar-refractivity contribution in [1.82, 2.24) is 39.6 Å². The summed E-state index contributed by atoms with van der Waals surface area (Å²) in [6.45, 7) is 5.90. The summed E-state index contributed by atoms with van der Waals surface area (Å²) < 4.78 is 15.7. The van der Waals surface area contributed by atoms with Crippen molar-refractivity contribution in [1.29, 1.82) is 0 Å². The lowest BCUT2D eigenvalue weighted by atomic mass is 10.1. The molecule has 0 aliphatic carbocycles.